The van der Waals surface area contributed by atoms with Crippen molar-refractivity contribution in [3.05, 3.63) is 192 Å². The van der Waals surface area contributed by atoms with Crippen molar-refractivity contribution in [2.75, 3.05) is 9.80 Å². The maximum atomic E-state index is 2.51. The molecule has 2 aliphatic carbocycles. The Morgan fingerprint density at radius 3 is 1.20 bits per heavy atom. The van der Waals surface area contributed by atoms with E-state index in [4.69, 9.17) is 0 Å². The summed E-state index contributed by atoms with van der Waals surface area (Å²) in [5, 5.41) is 0. The van der Waals surface area contributed by atoms with Crippen LogP contribution in [0.2, 0.25) is 0 Å². The van der Waals surface area contributed by atoms with Crippen LogP contribution in [0.4, 0.5) is 34.1 Å². The lowest BCUT2D eigenvalue weighted by Gasteiger charge is -2.42. The number of benzene rings is 7. The van der Waals surface area contributed by atoms with Crippen LogP contribution >= 0.6 is 0 Å². The maximum absolute atomic E-state index is 2.51. The molecule has 0 N–H and O–H groups in total. The van der Waals surface area contributed by atoms with Crippen molar-refractivity contribution in [1.29, 1.82) is 0 Å². The first-order valence-electron chi connectivity index (χ1n) is 15.6. The molecule has 210 valence electrons. The second kappa shape index (κ2) is 9.07. The van der Waals surface area contributed by atoms with Gasteiger partial charge in [0, 0.05) is 11.3 Å². The van der Waals surface area contributed by atoms with Crippen LogP contribution in [0.5, 0.6) is 0 Å². The van der Waals surface area contributed by atoms with Crippen LogP contribution in [0, 0.1) is 0 Å². The van der Waals surface area contributed by atoms with Gasteiger partial charge in [-0.2, -0.15) is 0 Å². The fraction of sp³-hybridized carbons (Fsp3) is 0.0233. The Labute approximate surface area is 263 Å². The number of rotatable bonds is 2. The van der Waals surface area contributed by atoms with Gasteiger partial charge in [-0.05, 0) is 81.4 Å². The van der Waals surface area contributed by atoms with Crippen LogP contribution in [0.3, 0.4) is 0 Å². The normalized spacial score (nSPS) is 14.3. The Balaban J connectivity index is 1.33. The third-order valence-electron chi connectivity index (χ3n) is 9.97. The van der Waals surface area contributed by atoms with Gasteiger partial charge in [-0.3, -0.25) is 0 Å². The lowest BCUT2D eigenvalue weighted by molar-refractivity contribution is 0.792. The topological polar surface area (TPSA) is 6.48 Å². The van der Waals surface area contributed by atoms with Gasteiger partial charge in [-0.25, -0.2) is 0 Å². The molecule has 0 bridgehead atoms. The van der Waals surface area contributed by atoms with E-state index in [0.29, 0.717) is 0 Å². The van der Waals surface area contributed by atoms with Gasteiger partial charge in [0.2, 0.25) is 0 Å². The summed E-state index contributed by atoms with van der Waals surface area (Å²) in [6, 6.07) is 62.4. The highest BCUT2D eigenvalue weighted by molar-refractivity contribution is 6.05. The first-order valence-corrected chi connectivity index (χ1v) is 15.6. The molecule has 0 unspecified atom stereocenters. The van der Waals surface area contributed by atoms with Crippen molar-refractivity contribution >= 4 is 34.1 Å². The van der Waals surface area contributed by atoms with E-state index >= 15 is 0 Å². The van der Waals surface area contributed by atoms with Gasteiger partial charge in [0.1, 0.15) is 0 Å². The fourth-order valence-corrected chi connectivity index (χ4v) is 8.38. The summed E-state index contributed by atoms with van der Waals surface area (Å²) in [6.45, 7) is 0. The molecule has 0 saturated heterocycles. The van der Waals surface area contributed by atoms with Crippen molar-refractivity contribution in [3.8, 4) is 22.3 Å². The molecule has 0 saturated carbocycles. The first kappa shape index (κ1) is 24.6. The van der Waals surface area contributed by atoms with Crippen LogP contribution in [0.1, 0.15) is 22.3 Å². The zero-order chi connectivity index (χ0) is 29.5. The van der Waals surface area contributed by atoms with Gasteiger partial charge in [-0.1, -0.05) is 127 Å². The standard InChI is InChI=1S/C43H28N2/c1-2-15-29(16-3-1)44-37-24-10-12-26-39(37)45(40-27-13-11-25-38(40)44)41-28-14-20-33-32-19-6-9-23-36(32)43(42(33)41)34-21-7-4-17-30(34)31-18-5-8-22-35(31)43/h1-28H. The molecule has 0 amide bonds. The lowest BCUT2D eigenvalue weighted by Crippen LogP contribution is -2.30. The molecule has 0 atom stereocenters. The Morgan fingerprint density at radius 1 is 0.289 bits per heavy atom. The van der Waals surface area contributed by atoms with E-state index in [1.807, 2.05) is 0 Å². The highest BCUT2D eigenvalue weighted by atomic mass is 15.3. The molecule has 1 aliphatic heterocycles. The van der Waals surface area contributed by atoms with E-state index < -0.39 is 5.41 Å². The first-order chi connectivity index (χ1) is 22.4. The number of para-hydroxylation sites is 5. The van der Waals surface area contributed by atoms with Gasteiger partial charge in [0.15, 0.2) is 0 Å². The van der Waals surface area contributed by atoms with Crippen molar-refractivity contribution < 1.29 is 0 Å². The number of anilines is 6. The summed E-state index contributed by atoms with van der Waals surface area (Å²) in [5.41, 5.74) is 17.3. The van der Waals surface area contributed by atoms with Crippen LogP contribution in [0.25, 0.3) is 22.3 Å². The molecule has 7 aromatic rings. The summed E-state index contributed by atoms with van der Waals surface area (Å²) in [4.78, 5) is 4.91. The number of hydrogen-bond acceptors (Lipinski definition) is 2. The average Bonchev–Trinajstić information content (AvgIpc) is 3.59. The Kier molecular flexibility index (Phi) is 4.95. The Bertz CT molecular complexity index is 2190. The minimum atomic E-state index is -0.434. The van der Waals surface area contributed by atoms with E-state index in [9.17, 15) is 0 Å². The molecular formula is C43H28N2. The van der Waals surface area contributed by atoms with Crippen molar-refractivity contribution in [3.63, 3.8) is 0 Å². The quantitative estimate of drug-likeness (QED) is 0.203. The minimum absolute atomic E-state index is 0.434. The summed E-state index contributed by atoms with van der Waals surface area (Å²) in [5.74, 6) is 0. The van der Waals surface area contributed by atoms with E-state index in [0.717, 1.165) is 17.1 Å². The fourth-order valence-electron chi connectivity index (χ4n) is 8.38. The summed E-state index contributed by atoms with van der Waals surface area (Å²) in [7, 11) is 0. The van der Waals surface area contributed by atoms with Gasteiger partial charge >= 0.3 is 0 Å². The van der Waals surface area contributed by atoms with Gasteiger partial charge < -0.3 is 9.80 Å². The van der Waals surface area contributed by atoms with E-state index in [2.05, 4.69) is 180 Å². The van der Waals surface area contributed by atoms with Crippen LogP contribution < -0.4 is 9.80 Å². The predicted molar refractivity (Wildman–Crippen MR) is 186 cm³/mol. The summed E-state index contributed by atoms with van der Waals surface area (Å²) in [6.07, 6.45) is 0. The molecule has 0 aromatic heterocycles. The summed E-state index contributed by atoms with van der Waals surface area (Å²) < 4.78 is 0. The lowest BCUT2D eigenvalue weighted by atomic mass is 9.70. The smallest absolute Gasteiger partial charge is 0.0746 e. The third-order valence-corrected chi connectivity index (χ3v) is 9.97. The van der Waals surface area contributed by atoms with Crippen LogP contribution in [0.15, 0.2) is 170 Å². The second-order valence-electron chi connectivity index (χ2n) is 12.1. The number of fused-ring (bicyclic) bond motifs is 12. The van der Waals surface area contributed by atoms with Gasteiger partial charge in [0.25, 0.3) is 0 Å². The van der Waals surface area contributed by atoms with Crippen molar-refractivity contribution in [2.24, 2.45) is 0 Å². The zero-order valence-electron chi connectivity index (χ0n) is 24.6. The molecule has 1 heterocycles. The molecule has 0 fully saturated rings. The minimum Gasteiger partial charge on any atom is -0.306 e. The molecule has 2 nitrogen and oxygen atoms in total. The van der Waals surface area contributed by atoms with E-state index in [1.54, 1.807) is 0 Å². The Hall–Kier alpha value is -5.86. The SMILES string of the molecule is c1ccc(N2c3ccccc3N(c3cccc4c3C3(c5ccccc5-c5ccccc53)c3ccccc3-4)c3ccccc32)cc1. The molecule has 10 rings (SSSR count). The third kappa shape index (κ3) is 3.08. The average molecular weight is 573 g/mol. The van der Waals surface area contributed by atoms with E-state index in [1.165, 1.54) is 61.6 Å². The molecular weight excluding hydrogens is 544 g/mol. The van der Waals surface area contributed by atoms with Gasteiger partial charge in [0.05, 0.1) is 33.9 Å². The highest BCUT2D eigenvalue weighted by Crippen LogP contribution is 2.66. The predicted octanol–water partition coefficient (Wildman–Crippen LogP) is 11.3. The highest BCUT2D eigenvalue weighted by Gasteiger charge is 2.53. The van der Waals surface area contributed by atoms with Crippen molar-refractivity contribution in [2.45, 2.75) is 5.41 Å². The summed E-state index contributed by atoms with van der Waals surface area (Å²) >= 11 is 0. The largest absolute Gasteiger partial charge is 0.306 e. The number of hydrogen-bond donors (Lipinski definition) is 0. The molecule has 1 spiro atoms. The Morgan fingerprint density at radius 2 is 0.667 bits per heavy atom. The number of nitrogens with zero attached hydrogens (tertiary/aromatic N) is 2. The zero-order valence-corrected chi connectivity index (χ0v) is 24.6. The molecule has 45 heavy (non-hydrogen) atoms. The molecule has 2 heteroatoms. The van der Waals surface area contributed by atoms with E-state index in [-0.39, 0.29) is 0 Å². The van der Waals surface area contributed by atoms with Crippen molar-refractivity contribution in [1.82, 2.24) is 0 Å². The van der Waals surface area contributed by atoms with Gasteiger partial charge in [-0.15, -0.1) is 0 Å². The molecule has 7 aromatic carbocycles. The monoisotopic (exact) mass is 572 g/mol. The van der Waals surface area contributed by atoms with Crippen LogP contribution in [-0.2, 0) is 5.41 Å². The maximum Gasteiger partial charge on any atom is 0.0746 e. The molecule has 0 radical (unpaired) electrons. The van der Waals surface area contributed by atoms with Crippen LogP contribution in [-0.4, -0.2) is 0 Å². The molecule has 3 aliphatic rings. The second-order valence-corrected chi connectivity index (χ2v) is 12.1.